The lowest BCUT2D eigenvalue weighted by Crippen LogP contribution is -2.62. The van der Waals surface area contributed by atoms with Crippen LogP contribution >= 0.6 is 0 Å². The molecule has 5 heteroatoms. The van der Waals surface area contributed by atoms with Gasteiger partial charge in [-0.1, -0.05) is 29.7 Å². The normalized spacial score (nSPS) is 45.3. The van der Waals surface area contributed by atoms with Gasteiger partial charge in [-0.3, -0.25) is 9.68 Å². The molecule has 2 bridgehead atoms. The minimum atomic E-state index is -0.504. The van der Waals surface area contributed by atoms with Crippen LogP contribution in [0.2, 0.25) is 0 Å². The Bertz CT molecular complexity index is 529. The van der Waals surface area contributed by atoms with Gasteiger partial charge in [-0.2, -0.15) is 0 Å². The lowest BCUT2D eigenvalue weighted by Gasteiger charge is -2.59. The van der Waals surface area contributed by atoms with Gasteiger partial charge in [0, 0.05) is 11.3 Å². The first-order valence-electron chi connectivity index (χ1n) is 8.92. The Morgan fingerprint density at radius 3 is 2.78 bits per heavy atom. The molecule has 0 spiro atoms. The number of esters is 1. The van der Waals surface area contributed by atoms with Crippen LogP contribution in [0.15, 0.2) is 11.6 Å². The Hall–Kier alpha value is -0.910. The highest BCUT2D eigenvalue weighted by Gasteiger charge is 2.65. The summed E-state index contributed by atoms with van der Waals surface area (Å²) >= 11 is 0. The monoisotopic (exact) mass is 321 g/mol. The molecule has 4 unspecified atom stereocenters. The second kappa shape index (κ2) is 5.57. The lowest BCUT2D eigenvalue weighted by molar-refractivity contribution is -0.428. The van der Waals surface area contributed by atoms with E-state index in [1.165, 1.54) is 38.4 Å². The average Bonchev–Trinajstić information content (AvgIpc) is 2.94. The van der Waals surface area contributed by atoms with Crippen molar-refractivity contribution >= 4 is 5.97 Å². The molecule has 5 nitrogen and oxygen atoms in total. The number of carbonyl (C=O) groups is 1. The molecule has 6 atom stereocenters. The highest BCUT2D eigenvalue weighted by Crippen LogP contribution is 2.61. The van der Waals surface area contributed by atoms with E-state index in [-0.39, 0.29) is 29.4 Å². The summed E-state index contributed by atoms with van der Waals surface area (Å²) in [4.78, 5) is 24.3. The summed E-state index contributed by atoms with van der Waals surface area (Å²) in [6, 6.07) is 0.204. The summed E-state index contributed by atoms with van der Waals surface area (Å²) in [5, 5.41) is 1.67. The number of ether oxygens (including phenoxy) is 1. The van der Waals surface area contributed by atoms with Crippen LogP contribution in [-0.2, 0) is 19.2 Å². The number of hydrogen-bond donors (Lipinski definition) is 0. The molecular formula is C18H27NO4. The molecule has 0 aromatic heterocycles. The molecule has 2 aliphatic heterocycles. The highest BCUT2D eigenvalue weighted by atomic mass is 17.0. The maximum Gasteiger partial charge on any atom is 0.337 e. The number of hydroxylamine groups is 2. The van der Waals surface area contributed by atoms with Crippen molar-refractivity contribution in [2.24, 2.45) is 17.3 Å². The Kier molecular flexibility index (Phi) is 3.78. The van der Waals surface area contributed by atoms with Gasteiger partial charge in [0.05, 0.1) is 13.2 Å². The quantitative estimate of drug-likeness (QED) is 0.578. The fourth-order valence-corrected chi connectivity index (χ4v) is 5.55. The van der Waals surface area contributed by atoms with Crippen LogP contribution in [-0.4, -0.2) is 36.6 Å². The first-order chi connectivity index (χ1) is 11.1. The lowest BCUT2D eigenvalue weighted by atomic mass is 9.52. The van der Waals surface area contributed by atoms with Crippen molar-refractivity contribution in [1.82, 2.24) is 5.23 Å². The summed E-state index contributed by atoms with van der Waals surface area (Å²) in [6.07, 6.45) is 8.95. The van der Waals surface area contributed by atoms with Gasteiger partial charge < -0.3 is 4.74 Å². The zero-order valence-corrected chi connectivity index (χ0v) is 14.3. The molecule has 0 radical (unpaired) electrons. The number of methoxy groups -OCH3 is 1. The van der Waals surface area contributed by atoms with E-state index in [2.05, 4.69) is 19.9 Å². The topological polar surface area (TPSA) is 48.0 Å². The van der Waals surface area contributed by atoms with E-state index in [9.17, 15) is 4.79 Å². The van der Waals surface area contributed by atoms with Gasteiger partial charge in [-0.15, -0.1) is 0 Å². The maximum atomic E-state index is 12.1. The molecule has 2 aliphatic carbocycles. The molecule has 0 N–H and O–H groups in total. The standard InChI is InChI=1S/C18H27NO4/c1-11(2)10-14-18-8-5-4-6-13(18)15-12(7-9-18)16(17(20)21-3)23-19(15)22-14/h10,12-16H,4-9H2,1-3H3/t12?,13?,14-,15?,16+,18?/m1/s1. The van der Waals surface area contributed by atoms with Gasteiger partial charge in [0.1, 0.15) is 6.10 Å². The van der Waals surface area contributed by atoms with Crippen LogP contribution in [0.4, 0.5) is 0 Å². The van der Waals surface area contributed by atoms with Gasteiger partial charge in [0.2, 0.25) is 0 Å². The van der Waals surface area contributed by atoms with E-state index in [4.69, 9.17) is 14.4 Å². The van der Waals surface area contributed by atoms with Gasteiger partial charge in [-0.25, -0.2) is 4.79 Å². The maximum absolute atomic E-state index is 12.1. The fourth-order valence-electron chi connectivity index (χ4n) is 5.55. The first kappa shape index (κ1) is 15.6. The summed E-state index contributed by atoms with van der Waals surface area (Å²) in [7, 11) is 1.43. The molecule has 2 saturated carbocycles. The summed E-state index contributed by atoms with van der Waals surface area (Å²) in [5.74, 6) is 0.486. The second-order valence-corrected chi connectivity index (χ2v) is 7.88. The van der Waals surface area contributed by atoms with Crippen LogP contribution in [0.5, 0.6) is 0 Å². The number of allylic oxidation sites excluding steroid dienone is 1. The zero-order chi connectivity index (χ0) is 16.2. The molecule has 0 aromatic carbocycles. The largest absolute Gasteiger partial charge is 0.467 e. The SMILES string of the molecule is COC(=O)[C@H]1ON2O[C@H](C=C(C)C)C34CCCCC3C2C1CC4. The Morgan fingerprint density at radius 2 is 2.04 bits per heavy atom. The smallest absolute Gasteiger partial charge is 0.337 e. The molecule has 2 heterocycles. The summed E-state index contributed by atoms with van der Waals surface area (Å²) < 4.78 is 4.96. The predicted molar refractivity (Wildman–Crippen MR) is 83.9 cm³/mol. The third kappa shape index (κ3) is 2.20. The van der Waals surface area contributed by atoms with Gasteiger partial charge in [0.15, 0.2) is 6.10 Å². The van der Waals surface area contributed by atoms with Crippen LogP contribution in [0.1, 0.15) is 52.4 Å². The molecule has 2 saturated heterocycles. The van der Waals surface area contributed by atoms with E-state index < -0.39 is 6.10 Å². The molecule has 4 rings (SSSR count). The number of hydrogen-bond acceptors (Lipinski definition) is 5. The van der Waals surface area contributed by atoms with Crippen LogP contribution < -0.4 is 0 Å². The average molecular weight is 321 g/mol. The Labute approximate surface area is 137 Å². The van der Waals surface area contributed by atoms with Gasteiger partial charge >= 0.3 is 5.97 Å². The third-order valence-corrected chi connectivity index (χ3v) is 6.49. The van der Waals surface area contributed by atoms with E-state index in [1.54, 1.807) is 5.23 Å². The van der Waals surface area contributed by atoms with Crippen LogP contribution in [0.3, 0.4) is 0 Å². The molecule has 4 fully saturated rings. The molecule has 0 amide bonds. The number of rotatable bonds is 2. The van der Waals surface area contributed by atoms with Gasteiger partial charge in [0.25, 0.3) is 0 Å². The van der Waals surface area contributed by atoms with E-state index >= 15 is 0 Å². The molecular weight excluding hydrogens is 294 g/mol. The highest BCUT2D eigenvalue weighted by molar-refractivity contribution is 5.75. The predicted octanol–water partition coefficient (Wildman–Crippen LogP) is 3.01. The van der Waals surface area contributed by atoms with Crippen LogP contribution in [0, 0.1) is 17.3 Å². The Balaban J connectivity index is 1.72. The first-order valence-corrected chi connectivity index (χ1v) is 8.92. The van der Waals surface area contributed by atoms with E-state index in [0.717, 1.165) is 12.8 Å². The number of nitrogens with zero attached hydrogens (tertiary/aromatic N) is 1. The molecule has 0 aromatic rings. The minimum Gasteiger partial charge on any atom is -0.467 e. The number of carbonyl (C=O) groups excluding carboxylic acids is 1. The second-order valence-electron chi connectivity index (χ2n) is 7.88. The minimum absolute atomic E-state index is 0.0615. The van der Waals surface area contributed by atoms with Crippen molar-refractivity contribution in [2.75, 3.05) is 7.11 Å². The van der Waals surface area contributed by atoms with Crippen molar-refractivity contribution in [3.63, 3.8) is 0 Å². The summed E-state index contributed by atoms with van der Waals surface area (Å²) in [5.41, 5.74) is 1.50. The van der Waals surface area contributed by atoms with Crippen molar-refractivity contribution < 1.29 is 19.2 Å². The van der Waals surface area contributed by atoms with Crippen molar-refractivity contribution in [3.8, 4) is 0 Å². The van der Waals surface area contributed by atoms with Crippen LogP contribution in [0.25, 0.3) is 0 Å². The van der Waals surface area contributed by atoms with Crippen molar-refractivity contribution in [3.05, 3.63) is 11.6 Å². The van der Waals surface area contributed by atoms with Crippen molar-refractivity contribution in [1.29, 1.82) is 0 Å². The Morgan fingerprint density at radius 1 is 1.22 bits per heavy atom. The molecule has 128 valence electrons. The fraction of sp³-hybridized carbons (Fsp3) is 0.833. The summed E-state index contributed by atoms with van der Waals surface area (Å²) in [6.45, 7) is 4.25. The molecule has 23 heavy (non-hydrogen) atoms. The zero-order valence-electron chi connectivity index (χ0n) is 14.3. The third-order valence-electron chi connectivity index (χ3n) is 6.49. The van der Waals surface area contributed by atoms with Crippen molar-refractivity contribution in [2.45, 2.75) is 70.6 Å². The molecule has 4 aliphatic rings. The van der Waals surface area contributed by atoms with E-state index in [0.29, 0.717) is 5.92 Å². The van der Waals surface area contributed by atoms with Gasteiger partial charge in [-0.05, 0) is 45.4 Å². The van der Waals surface area contributed by atoms with E-state index in [1.807, 2.05) is 0 Å².